The van der Waals surface area contributed by atoms with Crippen molar-refractivity contribution < 1.29 is 28.9 Å². The van der Waals surface area contributed by atoms with Crippen molar-refractivity contribution >= 4 is 12.1 Å². The Bertz CT molecular complexity index is 1260. The largest absolute Gasteiger partial charge is 0.493 e. The average Bonchev–Trinajstić information content (AvgIpc) is 3.59. The zero-order chi connectivity index (χ0) is 23.9. The molecule has 0 fully saturated rings. The molecule has 178 valence electrons. The molecular weight excluding hydrogens is 446 g/mol. The SMILES string of the molecule is O=C(NC(Cc1c2c(cc3c1OCC3)OCC2)C(=O)O)OCC1c2ccccc2-c2ccccc21. The predicted molar refractivity (Wildman–Crippen MR) is 128 cm³/mol. The summed E-state index contributed by atoms with van der Waals surface area (Å²) in [6.07, 6.45) is 0.810. The van der Waals surface area contributed by atoms with Gasteiger partial charge in [-0.25, -0.2) is 9.59 Å². The van der Waals surface area contributed by atoms with E-state index < -0.39 is 18.1 Å². The second-order valence-corrected chi connectivity index (χ2v) is 9.08. The van der Waals surface area contributed by atoms with Crippen LogP contribution < -0.4 is 14.8 Å². The predicted octanol–water partition coefficient (Wildman–Crippen LogP) is 4.09. The van der Waals surface area contributed by atoms with Crippen molar-refractivity contribution in [2.45, 2.75) is 31.2 Å². The van der Waals surface area contributed by atoms with E-state index in [1.165, 1.54) is 0 Å². The molecule has 1 unspecified atom stereocenters. The molecule has 3 aromatic carbocycles. The fraction of sp³-hybridized carbons (Fsp3) is 0.286. The van der Waals surface area contributed by atoms with Gasteiger partial charge in [-0.05, 0) is 28.3 Å². The van der Waals surface area contributed by atoms with Crippen LogP contribution in [0.25, 0.3) is 11.1 Å². The number of carboxylic acids is 1. The van der Waals surface area contributed by atoms with Gasteiger partial charge in [0.05, 0.1) is 13.2 Å². The Morgan fingerprint density at radius 1 is 1.00 bits per heavy atom. The second kappa shape index (κ2) is 8.65. The molecule has 2 aliphatic heterocycles. The molecule has 0 aromatic heterocycles. The number of hydrogen-bond donors (Lipinski definition) is 2. The smallest absolute Gasteiger partial charge is 0.407 e. The van der Waals surface area contributed by atoms with Gasteiger partial charge in [-0.3, -0.25) is 0 Å². The summed E-state index contributed by atoms with van der Waals surface area (Å²) in [6, 6.07) is 17.0. The summed E-state index contributed by atoms with van der Waals surface area (Å²) < 4.78 is 17.1. The number of rotatable bonds is 6. The van der Waals surface area contributed by atoms with E-state index >= 15 is 0 Å². The highest BCUT2D eigenvalue weighted by atomic mass is 16.5. The summed E-state index contributed by atoms with van der Waals surface area (Å²) in [4.78, 5) is 24.8. The summed E-state index contributed by atoms with van der Waals surface area (Å²) in [5.41, 5.74) is 7.26. The van der Waals surface area contributed by atoms with Gasteiger partial charge in [0.2, 0.25) is 0 Å². The summed E-state index contributed by atoms with van der Waals surface area (Å²) in [5.74, 6) is 0.300. The van der Waals surface area contributed by atoms with Crippen molar-refractivity contribution in [1.29, 1.82) is 0 Å². The van der Waals surface area contributed by atoms with E-state index in [1.807, 2.05) is 42.5 Å². The van der Waals surface area contributed by atoms with Crippen molar-refractivity contribution in [3.63, 3.8) is 0 Å². The van der Waals surface area contributed by atoms with Crippen LogP contribution in [-0.2, 0) is 28.8 Å². The lowest BCUT2D eigenvalue weighted by Crippen LogP contribution is -2.43. The highest BCUT2D eigenvalue weighted by molar-refractivity contribution is 5.81. The van der Waals surface area contributed by atoms with Crippen LogP contribution in [0, 0.1) is 0 Å². The van der Waals surface area contributed by atoms with Crippen molar-refractivity contribution in [2.75, 3.05) is 19.8 Å². The molecule has 0 spiro atoms. The van der Waals surface area contributed by atoms with E-state index in [0.717, 1.165) is 56.9 Å². The van der Waals surface area contributed by atoms with E-state index in [1.54, 1.807) is 0 Å². The Kier molecular flexibility index (Phi) is 5.32. The van der Waals surface area contributed by atoms with Crippen LogP contribution >= 0.6 is 0 Å². The maximum Gasteiger partial charge on any atom is 0.407 e. The first-order valence-electron chi connectivity index (χ1n) is 11.9. The Morgan fingerprint density at radius 3 is 2.40 bits per heavy atom. The van der Waals surface area contributed by atoms with Crippen LogP contribution in [0.3, 0.4) is 0 Å². The molecule has 0 saturated heterocycles. The Balaban J connectivity index is 1.18. The molecule has 0 radical (unpaired) electrons. The van der Waals surface area contributed by atoms with Gasteiger partial charge in [-0.2, -0.15) is 0 Å². The molecule has 0 saturated carbocycles. The normalized spacial score (nSPS) is 15.8. The molecule has 2 heterocycles. The number of carbonyl (C=O) groups is 2. The third-order valence-electron chi connectivity index (χ3n) is 7.10. The van der Waals surface area contributed by atoms with Gasteiger partial charge < -0.3 is 24.6 Å². The third kappa shape index (κ3) is 3.77. The van der Waals surface area contributed by atoms with Crippen LogP contribution in [-0.4, -0.2) is 43.0 Å². The van der Waals surface area contributed by atoms with Gasteiger partial charge in [0.25, 0.3) is 0 Å². The molecule has 1 aliphatic carbocycles. The van der Waals surface area contributed by atoms with Crippen molar-refractivity contribution in [3.05, 3.63) is 82.4 Å². The van der Waals surface area contributed by atoms with Crippen molar-refractivity contribution in [2.24, 2.45) is 0 Å². The zero-order valence-electron chi connectivity index (χ0n) is 19.1. The minimum atomic E-state index is -1.15. The number of fused-ring (bicyclic) bond motifs is 5. The average molecular weight is 472 g/mol. The third-order valence-corrected chi connectivity index (χ3v) is 7.10. The lowest BCUT2D eigenvalue weighted by Gasteiger charge is -2.19. The van der Waals surface area contributed by atoms with E-state index in [4.69, 9.17) is 14.2 Å². The highest BCUT2D eigenvalue weighted by Crippen LogP contribution is 2.44. The molecule has 3 aromatic rings. The van der Waals surface area contributed by atoms with Gasteiger partial charge in [-0.1, -0.05) is 48.5 Å². The molecule has 35 heavy (non-hydrogen) atoms. The Hall–Kier alpha value is -4.00. The van der Waals surface area contributed by atoms with Crippen molar-refractivity contribution in [3.8, 4) is 22.6 Å². The lowest BCUT2D eigenvalue weighted by molar-refractivity contribution is -0.139. The van der Waals surface area contributed by atoms with E-state index in [-0.39, 0.29) is 18.9 Å². The van der Waals surface area contributed by atoms with Crippen LogP contribution in [0.1, 0.15) is 33.7 Å². The maximum absolute atomic E-state index is 12.7. The van der Waals surface area contributed by atoms with Crippen LogP contribution in [0.4, 0.5) is 4.79 Å². The van der Waals surface area contributed by atoms with Crippen LogP contribution in [0.2, 0.25) is 0 Å². The molecule has 2 N–H and O–H groups in total. The fourth-order valence-electron chi connectivity index (χ4n) is 5.49. The molecule has 3 aliphatic rings. The zero-order valence-corrected chi connectivity index (χ0v) is 19.1. The molecule has 1 amide bonds. The summed E-state index contributed by atoms with van der Waals surface area (Å²) in [5, 5.41) is 12.4. The second-order valence-electron chi connectivity index (χ2n) is 9.08. The fourth-order valence-corrected chi connectivity index (χ4v) is 5.49. The Labute approximate surface area is 202 Å². The number of nitrogens with one attached hydrogen (secondary N) is 1. The summed E-state index contributed by atoms with van der Waals surface area (Å²) in [6.45, 7) is 1.24. The number of carboxylic acid groups (broad SMARTS) is 1. The molecule has 7 nitrogen and oxygen atoms in total. The number of benzene rings is 3. The molecule has 1 atom stereocenters. The quantitative estimate of drug-likeness (QED) is 0.563. The van der Waals surface area contributed by atoms with Gasteiger partial charge in [0.1, 0.15) is 24.1 Å². The Morgan fingerprint density at radius 2 is 1.69 bits per heavy atom. The van der Waals surface area contributed by atoms with Gasteiger partial charge >= 0.3 is 12.1 Å². The standard InChI is InChI=1S/C28H25NO6/c30-27(31)24(14-22-21-10-12-33-25(21)13-16-9-11-34-26(16)22)29-28(32)35-15-23-19-7-3-1-5-17(19)18-6-2-4-8-20(18)23/h1-8,13,23-24H,9-12,14-15H2,(H,29,32)(H,30,31). The van der Waals surface area contributed by atoms with E-state index in [0.29, 0.717) is 19.6 Å². The van der Waals surface area contributed by atoms with Crippen molar-refractivity contribution in [1.82, 2.24) is 5.32 Å². The van der Waals surface area contributed by atoms with Gasteiger partial charge in [0.15, 0.2) is 0 Å². The summed E-state index contributed by atoms with van der Waals surface area (Å²) >= 11 is 0. The number of amides is 1. The van der Waals surface area contributed by atoms with E-state index in [2.05, 4.69) is 17.4 Å². The highest BCUT2D eigenvalue weighted by Gasteiger charge is 2.32. The topological polar surface area (TPSA) is 94.1 Å². The minimum Gasteiger partial charge on any atom is -0.493 e. The minimum absolute atomic E-state index is 0.0948. The van der Waals surface area contributed by atoms with Gasteiger partial charge in [0, 0.05) is 41.9 Å². The number of hydrogen-bond acceptors (Lipinski definition) is 5. The van der Waals surface area contributed by atoms with Crippen LogP contribution in [0.5, 0.6) is 11.5 Å². The molecule has 7 heteroatoms. The number of alkyl carbamates (subject to hydrolysis) is 1. The maximum atomic E-state index is 12.7. The van der Waals surface area contributed by atoms with E-state index in [9.17, 15) is 14.7 Å². The van der Waals surface area contributed by atoms with Gasteiger partial charge in [-0.15, -0.1) is 0 Å². The number of aliphatic carboxylic acids is 1. The molecule has 6 rings (SSSR count). The summed E-state index contributed by atoms with van der Waals surface area (Å²) in [7, 11) is 0. The number of carbonyl (C=O) groups excluding carboxylic acids is 1. The first-order chi connectivity index (χ1) is 17.1. The molecular formula is C28H25NO6. The lowest BCUT2D eigenvalue weighted by atomic mass is 9.94. The monoisotopic (exact) mass is 471 g/mol. The molecule has 0 bridgehead atoms. The first-order valence-corrected chi connectivity index (χ1v) is 11.9. The van der Waals surface area contributed by atoms with Crippen LogP contribution in [0.15, 0.2) is 54.6 Å². The first kappa shape index (κ1) is 21.5. The number of ether oxygens (including phenoxy) is 3.